The number of hydrogen-bond acceptors (Lipinski definition) is 5. The average molecular weight is 465 g/mol. The molecule has 162 valence electrons. The summed E-state index contributed by atoms with van der Waals surface area (Å²) in [5, 5.41) is 3.02. The molecule has 0 saturated heterocycles. The number of sulfonamides is 1. The predicted molar refractivity (Wildman–Crippen MR) is 116 cm³/mol. The molecule has 0 aliphatic rings. The number of rotatable bonds is 8. The summed E-state index contributed by atoms with van der Waals surface area (Å²) < 4.78 is 51.5. The first-order valence-corrected chi connectivity index (χ1v) is 10.8. The van der Waals surface area contributed by atoms with Crippen molar-refractivity contribution in [3.05, 3.63) is 77.6 Å². The molecule has 3 aromatic carbocycles. The molecule has 1 amide bonds. The Bertz CT molecular complexity index is 1170. The fourth-order valence-corrected chi connectivity index (χ4v) is 3.95. The van der Waals surface area contributed by atoms with E-state index < -0.39 is 21.7 Å². The number of benzene rings is 3. The van der Waals surface area contributed by atoms with Crippen molar-refractivity contribution < 1.29 is 27.1 Å². The van der Waals surface area contributed by atoms with Gasteiger partial charge in [0.15, 0.2) is 6.61 Å². The molecule has 0 aromatic heterocycles. The van der Waals surface area contributed by atoms with Crippen molar-refractivity contribution in [2.75, 3.05) is 23.8 Å². The largest absolute Gasteiger partial charge is 0.495 e. The Morgan fingerprint density at radius 2 is 1.65 bits per heavy atom. The third-order valence-electron chi connectivity index (χ3n) is 4.02. The van der Waals surface area contributed by atoms with E-state index in [1.807, 2.05) is 0 Å². The van der Waals surface area contributed by atoms with E-state index in [0.29, 0.717) is 16.5 Å². The van der Waals surface area contributed by atoms with Gasteiger partial charge < -0.3 is 14.8 Å². The SMILES string of the molecule is COc1ccc(NC(=O)COc2ccc(F)cc2)cc1S(=O)(=O)Nc1ccc(Cl)cc1. The van der Waals surface area contributed by atoms with Crippen molar-refractivity contribution in [2.24, 2.45) is 0 Å². The maximum absolute atomic E-state index is 12.9. The van der Waals surface area contributed by atoms with Crippen LogP contribution in [0.4, 0.5) is 15.8 Å². The number of hydrogen-bond donors (Lipinski definition) is 2. The lowest BCUT2D eigenvalue weighted by atomic mass is 10.3. The molecular formula is C21H18ClFN2O5S. The second-order valence-corrected chi connectivity index (χ2v) is 8.36. The van der Waals surface area contributed by atoms with Crippen molar-refractivity contribution in [3.8, 4) is 11.5 Å². The third-order valence-corrected chi connectivity index (χ3v) is 5.67. The molecule has 0 unspecified atom stereocenters. The highest BCUT2D eigenvalue weighted by Gasteiger charge is 2.21. The minimum Gasteiger partial charge on any atom is -0.495 e. The molecule has 3 aromatic rings. The van der Waals surface area contributed by atoms with Gasteiger partial charge in [-0.15, -0.1) is 0 Å². The van der Waals surface area contributed by atoms with Crippen LogP contribution in [-0.4, -0.2) is 28.0 Å². The number of carbonyl (C=O) groups is 1. The monoisotopic (exact) mass is 464 g/mol. The number of amides is 1. The van der Waals surface area contributed by atoms with Gasteiger partial charge in [-0.3, -0.25) is 9.52 Å². The maximum atomic E-state index is 12.9. The highest BCUT2D eigenvalue weighted by molar-refractivity contribution is 7.92. The first kappa shape index (κ1) is 22.4. The summed E-state index contributed by atoms with van der Waals surface area (Å²) in [5.41, 5.74) is 0.540. The van der Waals surface area contributed by atoms with Crippen LogP contribution in [0.15, 0.2) is 71.6 Å². The minimum atomic E-state index is -4.02. The molecule has 0 heterocycles. The Hall–Kier alpha value is -3.30. The molecule has 0 atom stereocenters. The highest BCUT2D eigenvalue weighted by atomic mass is 35.5. The number of carbonyl (C=O) groups excluding carboxylic acids is 1. The Kier molecular flexibility index (Phi) is 6.98. The van der Waals surface area contributed by atoms with Gasteiger partial charge >= 0.3 is 0 Å². The number of nitrogens with one attached hydrogen (secondary N) is 2. The smallest absolute Gasteiger partial charge is 0.265 e. The van der Waals surface area contributed by atoms with Crippen LogP contribution in [0.1, 0.15) is 0 Å². The average Bonchev–Trinajstić information content (AvgIpc) is 2.75. The summed E-state index contributed by atoms with van der Waals surface area (Å²) in [6.45, 7) is -0.344. The number of anilines is 2. The van der Waals surface area contributed by atoms with Gasteiger partial charge in [-0.1, -0.05) is 11.6 Å². The molecule has 0 saturated carbocycles. The van der Waals surface area contributed by atoms with Gasteiger partial charge in [-0.05, 0) is 66.7 Å². The van der Waals surface area contributed by atoms with Gasteiger partial charge in [0, 0.05) is 16.4 Å². The van der Waals surface area contributed by atoms with Crippen molar-refractivity contribution in [2.45, 2.75) is 4.90 Å². The lowest BCUT2D eigenvalue weighted by Crippen LogP contribution is -2.21. The van der Waals surface area contributed by atoms with Crippen LogP contribution in [0.2, 0.25) is 5.02 Å². The van der Waals surface area contributed by atoms with Gasteiger partial charge in [-0.2, -0.15) is 0 Å². The van der Waals surface area contributed by atoms with Gasteiger partial charge in [0.05, 0.1) is 7.11 Å². The fraction of sp³-hybridized carbons (Fsp3) is 0.0952. The molecule has 2 N–H and O–H groups in total. The van der Waals surface area contributed by atoms with E-state index in [1.54, 1.807) is 12.1 Å². The quantitative estimate of drug-likeness (QED) is 0.518. The summed E-state index contributed by atoms with van der Waals surface area (Å²) in [6, 6.07) is 15.5. The zero-order valence-corrected chi connectivity index (χ0v) is 17.8. The molecular weight excluding hydrogens is 447 g/mol. The van der Waals surface area contributed by atoms with E-state index in [9.17, 15) is 17.6 Å². The van der Waals surface area contributed by atoms with E-state index >= 15 is 0 Å². The van der Waals surface area contributed by atoms with E-state index in [1.165, 1.54) is 61.7 Å². The second kappa shape index (κ2) is 9.67. The van der Waals surface area contributed by atoms with Crippen LogP contribution in [-0.2, 0) is 14.8 Å². The Balaban J connectivity index is 1.73. The molecule has 10 heteroatoms. The first-order chi connectivity index (χ1) is 14.8. The minimum absolute atomic E-state index is 0.0991. The van der Waals surface area contributed by atoms with Gasteiger partial charge in [-0.25, -0.2) is 12.8 Å². The van der Waals surface area contributed by atoms with Crippen LogP contribution in [0.3, 0.4) is 0 Å². The summed E-state index contributed by atoms with van der Waals surface area (Å²) in [7, 11) is -2.68. The topological polar surface area (TPSA) is 93.7 Å². The summed E-state index contributed by atoms with van der Waals surface area (Å²) in [4.78, 5) is 12.0. The van der Waals surface area contributed by atoms with E-state index in [0.717, 1.165) is 0 Å². The number of halogens is 2. The van der Waals surface area contributed by atoms with Crippen LogP contribution in [0.5, 0.6) is 11.5 Å². The van der Waals surface area contributed by atoms with Crippen LogP contribution in [0.25, 0.3) is 0 Å². The lowest BCUT2D eigenvalue weighted by Gasteiger charge is -2.14. The lowest BCUT2D eigenvalue weighted by molar-refractivity contribution is -0.118. The summed E-state index contributed by atoms with van der Waals surface area (Å²) >= 11 is 5.82. The Morgan fingerprint density at radius 3 is 2.29 bits per heavy atom. The van der Waals surface area contributed by atoms with Crippen molar-refractivity contribution in [3.63, 3.8) is 0 Å². The van der Waals surface area contributed by atoms with E-state index in [-0.39, 0.29) is 22.9 Å². The number of methoxy groups -OCH3 is 1. The Morgan fingerprint density at radius 1 is 1.00 bits per heavy atom. The molecule has 0 fully saturated rings. The Labute approximate surface area is 183 Å². The number of ether oxygens (including phenoxy) is 2. The summed E-state index contributed by atoms with van der Waals surface area (Å²) in [5.74, 6) is -0.525. The van der Waals surface area contributed by atoms with Crippen molar-refractivity contribution >= 4 is 38.9 Å². The van der Waals surface area contributed by atoms with E-state index in [4.69, 9.17) is 21.1 Å². The second-order valence-electron chi connectivity index (χ2n) is 6.27. The standard InChI is InChI=1S/C21H18ClFN2O5S/c1-29-19-11-8-17(24-21(26)13-30-18-9-4-15(23)5-10-18)12-20(19)31(27,28)25-16-6-2-14(22)3-7-16/h2-12,25H,13H2,1H3,(H,24,26). The van der Waals surface area contributed by atoms with Crippen LogP contribution in [0, 0.1) is 5.82 Å². The normalized spacial score (nSPS) is 10.9. The van der Waals surface area contributed by atoms with E-state index in [2.05, 4.69) is 10.0 Å². The predicted octanol–water partition coefficient (Wildman–Crippen LogP) is 4.31. The van der Waals surface area contributed by atoms with Gasteiger partial charge in [0.2, 0.25) is 0 Å². The molecule has 7 nitrogen and oxygen atoms in total. The molecule has 0 spiro atoms. The molecule has 31 heavy (non-hydrogen) atoms. The maximum Gasteiger partial charge on any atom is 0.265 e. The van der Waals surface area contributed by atoms with Crippen LogP contribution >= 0.6 is 11.6 Å². The summed E-state index contributed by atoms with van der Waals surface area (Å²) in [6.07, 6.45) is 0. The first-order valence-electron chi connectivity index (χ1n) is 8.91. The molecule has 0 bridgehead atoms. The molecule has 3 rings (SSSR count). The van der Waals surface area contributed by atoms with Gasteiger partial charge in [0.25, 0.3) is 15.9 Å². The zero-order chi connectivity index (χ0) is 22.4. The molecule has 0 radical (unpaired) electrons. The van der Waals surface area contributed by atoms with Crippen molar-refractivity contribution in [1.82, 2.24) is 0 Å². The van der Waals surface area contributed by atoms with Gasteiger partial charge in [0.1, 0.15) is 22.2 Å². The molecule has 0 aliphatic heterocycles. The zero-order valence-electron chi connectivity index (χ0n) is 16.3. The highest BCUT2D eigenvalue weighted by Crippen LogP contribution is 2.29. The van der Waals surface area contributed by atoms with Crippen LogP contribution < -0.4 is 19.5 Å². The van der Waals surface area contributed by atoms with Crippen molar-refractivity contribution in [1.29, 1.82) is 0 Å². The fourth-order valence-electron chi connectivity index (χ4n) is 2.57. The molecule has 0 aliphatic carbocycles. The third kappa shape index (κ3) is 6.09.